The van der Waals surface area contributed by atoms with Gasteiger partial charge in [-0.05, 0) is 80.4 Å². The summed E-state index contributed by atoms with van der Waals surface area (Å²) in [5, 5.41) is -0.175. The Morgan fingerprint density at radius 3 is 1.58 bits per heavy atom. The summed E-state index contributed by atoms with van der Waals surface area (Å²) in [7, 11) is 0. The smallest absolute Gasteiger partial charge is 0.196 e. The molecule has 0 unspecified atom stereocenters. The predicted octanol–water partition coefficient (Wildman–Crippen LogP) is 8.73. The Morgan fingerprint density at radius 2 is 1.19 bits per heavy atom. The van der Waals surface area contributed by atoms with Gasteiger partial charge in [-0.1, -0.05) is 13.8 Å². The number of thioether (sulfide) groups is 2. The lowest BCUT2D eigenvalue weighted by Gasteiger charge is -2.06. The molecule has 36 heavy (non-hydrogen) atoms. The zero-order chi connectivity index (χ0) is 25.7. The van der Waals surface area contributed by atoms with Crippen molar-refractivity contribution < 1.29 is 19.1 Å². The SMILES string of the molecule is CCCOc1cc2sc(SC(=O)CCC(=O)Sc3nc4cc(Br)c(OCCC)cc4s3)nc2cc1Br. The Hall–Kier alpha value is -1.18. The standard InChI is InChI=1S/C24H22Br2N2O4S4/c1-3-7-31-17-11-19-15(9-13(17)25)27-23(33-19)35-21(29)5-6-22(30)36-24-28-16-10-14(26)18(32-8-4-2)12-20(16)34-24/h9-12H,3-8H2,1-2H3. The molecule has 0 radical (unpaired) electrons. The van der Waals surface area contributed by atoms with Crippen LogP contribution in [0.15, 0.2) is 41.9 Å². The van der Waals surface area contributed by atoms with Gasteiger partial charge in [-0.25, -0.2) is 9.97 Å². The molecular formula is C24H22Br2N2O4S4. The summed E-state index contributed by atoms with van der Waals surface area (Å²) in [6, 6.07) is 7.69. The quantitative estimate of drug-likeness (QED) is 0.145. The van der Waals surface area contributed by atoms with E-state index in [1.807, 2.05) is 24.3 Å². The van der Waals surface area contributed by atoms with Gasteiger partial charge in [0.05, 0.1) is 42.6 Å². The molecule has 0 atom stereocenters. The highest BCUT2D eigenvalue weighted by Crippen LogP contribution is 2.38. The van der Waals surface area contributed by atoms with E-state index in [9.17, 15) is 9.59 Å². The van der Waals surface area contributed by atoms with Crippen molar-refractivity contribution in [3.8, 4) is 11.5 Å². The van der Waals surface area contributed by atoms with Crippen LogP contribution in [0, 0.1) is 0 Å². The van der Waals surface area contributed by atoms with Crippen molar-refractivity contribution in [2.24, 2.45) is 0 Å². The van der Waals surface area contributed by atoms with Gasteiger partial charge >= 0.3 is 0 Å². The minimum atomic E-state index is -0.0875. The van der Waals surface area contributed by atoms with Crippen LogP contribution in [-0.2, 0) is 9.59 Å². The van der Waals surface area contributed by atoms with E-state index in [4.69, 9.17) is 9.47 Å². The van der Waals surface area contributed by atoms with Gasteiger partial charge in [-0.2, -0.15) is 0 Å². The molecule has 6 nitrogen and oxygen atoms in total. The molecule has 4 rings (SSSR count). The number of aromatic nitrogens is 2. The third-order valence-corrected chi connectivity index (χ3v) is 9.96. The maximum absolute atomic E-state index is 12.5. The van der Waals surface area contributed by atoms with Crippen LogP contribution in [-0.4, -0.2) is 33.4 Å². The fourth-order valence-corrected chi connectivity index (χ4v) is 7.87. The normalized spacial score (nSPS) is 11.3. The summed E-state index contributed by atoms with van der Waals surface area (Å²) in [6.45, 7) is 5.39. The Labute approximate surface area is 242 Å². The second-order valence-electron chi connectivity index (χ2n) is 7.61. The van der Waals surface area contributed by atoms with E-state index in [2.05, 4.69) is 55.7 Å². The topological polar surface area (TPSA) is 78.4 Å². The van der Waals surface area contributed by atoms with Crippen LogP contribution in [0.5, 0.6) is 11.5 Å². The fraction of sp³-hybridized carbons (Fsp3) is 0.333. The number of fused-ring (bicyclic) bond motifs is 2. The van der Waals surface area contributed by atoms with Crippen LogP contribution in [0.25, 0.3) is 20.4 Å². The number of hydrogen-bond acceptors (Lipinski definition) is 10. The second kappa shape index (κ2) is 13.1. The minimum Gasteiger partial charge on any atom is -0.492 e. The van der Waals surface area contributed by atoms with Crippen molar-refractivity contribution in [2.45, 2.75) is 48.2 Å². The summed E-state index contributed by atoms with van der Waals surface area (Å²) in [5.41, 5.74) is 1.62. The van der Waals surface area contributed by atoms with Crippen LogP contribution in [0.2, 0.25) is 0 Å². The molecule has 0 aliphatic carbocycles. The summed E-state index contributed by atoms with van der Waals surface area (Å²) >= 11 is 12.1. The Kier molecular flexibility index (Phi) is 10.1. The average molecular weight is 691 g/mol. The number of ether oxygens (including phenoxy) is 2. The number of carbonyl (C=O) groups is 2. The van der Waals surface area contributed by atoms with E-state index in [-0.39, 0.29) is 23.1 Å². The molecular weight excluding hydrogens is 668 g/mol. The molecule has 0 N–H and O–H groups in total. The van der Waals surface area contributed by atoms with Gasteiger partial charge in [0.1, 0.15) is 11.5 Å². The number of carbonyl (C=O) groups excluding carboxylic acids is 2. The van der Waals surface area contributed by atoms with E-state index < -0.39 is 0 Å². The Morgan fingerprint density at radius 1 is 0.778 bits per heavy atom. The molecule has 4 aromatic rings. The highest BCUT2D eigenvalue weighted by molar-refractivity contribution is 9.11. The van der Waals surface area contributed by atoms with Crippen molar-refractivity contribution in [3.05, 3.63) is 33.2 Å². The van der Waals surface area contributed by atoms with E-state index >= 15 is 0 Å². The van der Waals surface area contributed by atoms with Gasteiger partial charge in [0.25, 0.3) is 0 Å². The third-order valence-electron chi connectivity index (χ3n) is 4.70. The molecule has 12 heteroatoms. The van der Waals surface area contributed by atoms with Crippen LogP contribution >= 0.6 is 78.1 Å². The van der Waals surface area contributed by atoms with Crippen molar-refractivity contribution in [1.29, 1.82) is 0 Å². The molecule has 0 amide bonds. The number of hydrogen-bond donors (Lipinski definition) is 0. The first-order chi connectivity index (χ1) is 17.4. The molecule has 2 aromatic heterocycles. The number of rotatable bonds is 11. The summed E-state index contributed by atoms with van der Waals surface area (Å²) in [6.07, 6.45) is 2.13. The van der Waals surface area contributed by atoms with Gasteiger partial charge < -0.3 is 9.47 Å². The molecule has 0 saturated carbocycles. The molecule has 0 aliphatic rings. The monoisotopic (exact) mass is 688 g/mol. The second-order valence-corrected chi connectivity index (χ2v) is 14.0. The number of thiazole rings is 2. The summed E-state index contributed by atoms with van der Waals surface area (Å²) < 4.78 is 16.4. The summed E-state index contributed by atoms with van der Waals surface area (Å²) in [4.78, 5) is 34.1. The molecule has 190 valence electrons. The molecule has 0 fully saturated rings. The van der Waals surface area contributed by atoms with E-state index in [1.54, 1.807) is 0 Å². The average Bonchev–Trinajstić information content (AvgIpc) is 3.41. The molecule has 2 aromatic carbocycles. The van der Waals surface area contributed by atoms with Crippen molar-refractivity contribution >= 4 is 109 Å². The predicted molar refractivity (Wildman–Crippen MR) is 157 cm³/mol. The molecule has 0 spiro atoms. The fourth-order valence-electron chi connectivity index (χ4n) is 3.05. The molecule has 2 heterocycles. The first kappa shape index (κ1) is 27.8. The first-order valence-corrected chi connectivity index (χ1v) is 16.1. The molecule has 0 aliphatic heterocycles. The number of benzene rings is 2. The van der Waals surface area contributed by atoms with Crippen molar-refractivity contribution in [3.63, 3.8) is 0 Å². The highest BCUT2D eigenvalue weighted by Gasteiger charge is 2.17. The van der Waals surface area contributed by atoms with Gasteiger partial charge in [0, 0.05) is 25.0 Å². The molecule has 0 saturated heterocycles. The van der Waals surface area contributed by atoms with Crippen molar-refractivity contribution in [1.82, 2.24) is 9.97 Å². The Balaban J connectivity index is 1.32. The molecule has 0 bridgehead atoms. The van der Waals surface area contributed by atoms with Crippen LogP contribution in [0.4, 0.5) is 0 Å². The highest BCUT2D eigenvalue weighted by atomic mass is 79.9. The van der Waals surface area contributed by atoms with Crippen LogP contribution in [0.3, 0.4) is 0 Å². The number of halogens is 2. The maximum Gasteiger partial charge on any atom is 0.196 e. The van der Waals surface area contributed by atoms with Crippen LogP contribution < -0.4 is 9.47 Å². The zero-order valence-electron chi connectivity index (χ0n) is 19.5. The first-order valence-electron chi connectivity index (χ1n) is 11.2. The van der Waals surface area contributed by atoms with Gasteiger partial charge in [0.15, 0.2) is 18.9 Å². The van der Waals surface area contributed by atoms with Crippen molar-refractivity contribution in [2.75, 3.05) is 13.2 Å². The number of nitrogens with zero attached hydrogens (tertiary/aromatic N) is 2. The maximum atomic E-state index is 12.5. The zero-order valence-corrected chi connectivity index (χ0v) is 25.9. The summed E-state index contributed by atoms with van der Waals surface area (Å²) in [5.74, 6) is 1.54. The van der Waals surface area contributed by atoms with E-state index in [0.29, 0.717) is 21.9 Å². The van der Waals surface area contributed by atoms with E-state index in [1.165, 1.54) is 22.7 Å². The van der Waals surface area contributed by atoms with Crippen LogP contribution in [0.1, 0.15) is 39.5 Å². The lowest BCUT2D eigenvalue weighted by atomic mass is 10.3. The van der Waals surface area contributed by atoms with E-state index in [0.717, 1.165) is 77.2 Å². The Bertz CT molecular complexity index is 1300. The largest absolute Gasteiger partial charge is 0.492 e. The lowest BCUT2D eigenvalue weighted by molar-refractivity contribution is -0.115. The minimum absolute atomic E-state index is 0.0875. The third kappa shape index (κ3) is 7.22. The lowest BCUT2D eigenvalue weighted by Crippen LogP contribution is -1.97. The van der Waals surface area contributed by atoms with Gasteiger partial charge in [0.2, 0.25) is 0 Å². The van der Waals surface area contributed by atoms with Gasteiger partial charge in [-0.15, -0.1) is 22.7 Å². The van der Waals surface area contributed by atoms with Gasteiger partial charge in [-0.3, -0.25) is 9.59 Å².